The van der Waals surface area contributed by atoms with Gasteiger partial charge in [-0.3, -0.25) is 9.59 Å². The zero-order valence-electron chi connectivity index (χ0n) is 15.2. The van der Waals surface area contributed by atoms with Crippen molar-refractivity contribution in [2.75, 3.05) is 43.1 Å². The summed E-state index contributed by atoms with van der Waals surface area (Å²) in [5.41, 5.74) is 1.45. The van der Waals surface area contributed by atoms with Crippen LogP contribution >= 0.6 is 0 Å². The van der Waals surface area contributed by atoms with E-state index in [1.54, 1.807) is 30.3 Å². The lowest BCUT2D eigenvalue weighted by Crippen LogP contribution is -2.17. The van der Waals surface area contributed by atoms with Crippen molar-refractivity contribution in [3.8, 4) is 0 Å². The molecule has 0 spiro atoms. The van der Waals surface area contributed by atoms with Gasteiger partial charge < -0.3 is 20.9 Å². The molecule has 1 aromatic carbocycles. The number of aromatic nitrogens is 2. The van der Waals surface area contributed by atoms with Crippen LogP contribution in [0.15, 0.2) is 36.7 Å². The Bertz CT molecular complexity index is 763. The van der Waals surface area contributed by atoms with E-state index >= 15 is 0 Å². The molecular formula is C18H24N6O2. The molecule has 0 saturated carbocycles. The lowest BCUT2D eigenvalue weighted by molar-refractivity contribution is -0.114. The Labute approximate surface area is 153 Å². The van der Waals surface area contributed by atoms with Gasteiger partial charge in [0.25, 0.3) is 5.91 Å². The fourth-order valence-corrected chi connectivity index (χ4v) is 2.26. The summed E-state index contributed by atoms with van der Waals surface area (Å²) in [6.07, 6.45) is 2.32. The monoisotopic (exact) mass is 356 g/mol. The Morgan fingerprint density at radius 1 is 1.08 bits per heavy atom. The summed E-state index contributed by atoms with van der Waals surface area (Å²) in [5, 5.41) is 8.63. The van der Waals surface area contributed by atoms with Crippen LogP contribution in [0.25, 0.3) is 0 Å². The minimum atomic E-state index is -0.344. The van der Waals surface area contributed by atoms with Crippen molar-refractivity contribution in [3.63, 3.8) is 0 Å². The number of benzene rings is 1. The van der Waals surface area contributed by atoms with E-state index in [0.717, 1.165) is 19.5 Å². The predicted molar refractivity (Wildman–Crippen MR) is 102 cm³/mol. The first-order valence-corrected chi connectivity index (χ1v) is 8.33. The van der Waals surface area contributed by atoms with E-state index in [9.17, 15) is 9.59 Å². The van der Waals surface area contributed by atoms with Crippen LogP contribution in [0.5, 0.6) is 0 Å². The van der Waals surface area contributed by atoms with Crippen molar-refractivity contribution in [1.82, 2.24) is 14.9 Å². The molecular weight excluding hydrogens is 332 g/mol. The summed E-state index contributed by atoms with van der Waals surface area (Å²) >= 11 is 0. The highest BCUT2D eigenvalue weighted by Crippen LogP contribution is 2.16. The molecule has 0 aliphatic heterocycles. The van der Waals surface area contributed by atoms with Gasteiger partial charge in [-0.15, -0.1) is 0 Å². The summed E-state index contributed by atoms with van der Waals surface area (Å²) in [6.45, 7) is 3.16. The molecule has 1 heterocycles. The van der Waals surface area contributed by atoms with Gasteiger partial charge in [0.15, 0.2) is 0 Å². The first kappa shape index (κ1) is 19.3. The van der Waals surface area contributed by atoms with Gasteiger partial charge in [-0.25, -0.2) is 9.97 Å². The van der Waals surface area contributed by atoms with Crippen LogP contribution in [0.3, 0.4) is 0 Å². The molecule has 0 aliphatic rings. The fraction of sp³-hybridized carbons (Fsp3) is 0.333. The maximum atomic E-state index is 12.4. The van der Waals surface area contributed by atoms with Crippen LogP contribution in [-0.2, 0) is 4.79 Å². The second-order valence-corrected chi connectivity index (χ2v) is 6.09. The highest BCUT2D eigenvalue weighted by molar-refractivity contribution is 6.03. The third kappa shape index (κ3) is 6.48. The van der Waals surface area contributed by atoms with E-state index in [-0.39, 0.29) is 17.5 Å². The summed E-state index contributed by atoms with van der Waals surface area (Å²) in [7, 11) is 4.04. The number of nitrogens with zero attached hydrogens (tertiary/aromatic N) is 3. The molecule has 0 bridgehead atoms. The number of carbonyl (C=O) groups is 2. The predicted octanol–water partition coefficient (Wildman–Crippen LogP) is 2.05. The molecule has 0 saturated heterocycles. The zero-order valence-corrected chi connectivity index (χ0v) is 15.2. The van der Waals surface area contributed by atoms with Crippen LogP contribution in [-0.4, -0.2) is 53.9 Å². The lowest BCUT2D eigenvalue weighted by atomic mass is 10.2. The summed E-state index contributed by atoms with van der Waals surface area (Å²) < 4.78 is 0. The van der Waals surface area contributed by atoms with Crippen molar-refractivity contribution >= 4 is 29.0 Å². The largest absolute Gasteiger partial charge is 0.370 e. The van der Waals surface area contributed by atoms with Gasteiger partial charge in [0.2, 0.25) is 5.91 Å². The second-order valence-electron chi connectivity index (χ2n) is 6.09. The number of nitrogens with one attached hydrogen (secondary N) is 3. The fourth-order valence-electron chi connectivity index (χ4n) is 2.26. The SMILES string of the molecule is CC(=O)Nc1cccc(NC(=O)c2cc(NCCCN(C)C)ncn2)c1. The normalized spacial score (nSPS) is 10.5. The minimum absolute atomic E-state index is 0.172. The first-order chi connectivity index (χ1) is 12.4. The van der Waals surface area contributed by atoms with Crippen molar-refractivity contribution in [2.24, 2.45) is 0 Å². The summed E-state index contributed by atoms with van der Waals surface area (Å²) in [5.74, 6) is 0.0916. The van der Waals surface area contributed by atoms with Gasteiger partial charge in [-0.2, -0.15) is 0 Å². The van der Waals surface area contributed by atoms with Gasteiger partial charge in [0.1, 0.15) is 17.8 Å². The minimum Gasteiger partial charge on any atom is -0.370 e. The maximum absolute atomic E-state index is 12.4. The zero-order chi connectivity index (χ0) is 18.9. The standard InChI is InChI=1S/C18H24N6O2/c1-13(25)22-14-6-4-7-15(10-14)23-18(26)16-11-17(21-12-20-16)19-8-5-9-24(2)3/h4,6-7,10-12H,5,8-9H2,1-3H3,(H,22,25)(H,23,26)(H,19,20,21). The molecule has 2 rings (SSSR count). The average Bonchev–Trinajstić information content (AvgIpc) is 2.58. The molecule has 3 N–H and O–H groups in total. The molecule has 2 amide bonds. The molecule has 138 valence electrons. The van der Waals surface area contributed by atoms with Gasteiger partial charge >= 0.3 is 0 Å². The average molecular weight is 356 g/mol. The van der Waals surface area contributed by atoms with Crippen LogP contribution < -0.4 is 16.0 Å². The quantitative estimate of drug-likeness (QED) is 0.626. The van der Waals surface area contributed by atoms with Crippen LogP contribution in [0, 0.1) is 0 Å². The third-order valence-electron chi connectivity index (χ3n) is 3.43. The molecule has 8 nitrogen and oxygen atoms in total. The van der Waals surface area contributed by atoms with Gasteiger partial charge in [-0.05, 0) is 45.3 Å². The van der Waals surface area contributed by atoms with Crippen molar-refractivity contribution in [3.05, 3.63) is 42.4 Å². The highest BCUT2D eigenvalue weighted by Gasteiger charge is 2.10. The van der Waals surface area contributed by atoms with Crippen molar-refractivity contribution < 1.29 is 9.59 Å². The molecule has 0 unspecified atom stereocenters. The maximum Gasteiger partial charge on any atom is 0.274 e. The number of carbonyl (C=O) groups excluding carboxylic acids is 2. The molecule has 1 aromatic heterocycles. The van der Waals surface area contributed by atoms with E-state index in [1.165, 1.54) is 13.3 Å². The van der Waals surface area contributed by atoms with Gasteiger partial charge in [-0.1, -0.05) is 6.07 Å². The molecule has 2 aromatic rings. The van der Waals surface area contributed by atoms with E-state index in [2.05, 4.69) is 30.8 Å². The Hall–Kier alpha value is -3.00. The van der Waals surface area contributed by atoms with E-state index in [1.807, 2.05) is 14.1 Å². The van der Waals surface area contributed by atoms with E-state index in [4.69, 9.17) is 0 Å². The van der Waals surface area contributed by atoms with Crippen molar-refractivity contribution in [1.29, 1.82) is 0 Å². The number of hydrogen-bond acceptors (Lipinski definition) is 6. The molecule has 0 fully saturated rings. The van der Waals surface area contributed by atoms with Crippen molar-refractivity contribution in [2.45, 2.75) is 13.3 Å². The Balaban J connectivity index is 1.97. The number of amides is 2. The topological polar surface area (TPSA) is 99.2 Å². The molecule has 0 aliphatic carbocycles. The molecule has 8 heteroatoms. The van der Waals surface area contributed by atoms with Crippen LogP contribution in [0.4, 0.5) is 17.2 Å². The van der Waals surface area contributed by atoms with Crippen LogP contribution in [0.1, 0.15) is 23.8 Å². The number of hydrogen-bond donors (Lipinski definition) is 3. The van der Waals surface area contributed by atoms with Gasteiger partial charge in [0, 0.05) is 30.9 Å². The Morgan fingerprint density at radius 2 is 1.81 bits per heavy atom. The van der Waals surface area contributed by atoms with E-state index in [0.29, 0.717) is 17.2 Å². The number of anilines is 3. The lowest BCUT2D eigenvalue weighted by Gasteiger charge is -2.11. The van der Waals surface area contributed by atoms with E-state index < -0.39 is 0 Å². The molecule has 0 atom stereocenters. The first-order valence-electron chi connectivity index (χ1n) is 8.33. The summed E-state index contributed by atoms with van der Waals surface area (Å²) in [6, 6.07) is 8.53. The third-order valence-corrected chi connectivity index (χ3v) is 3.43. The van der Waals surface area contributed by atoms with Crippen LogP contribution in [0.2, 0.25) is 0 Å². The highest BCUT2D eigenvalue weighted by atomic mass is 16.2. The van der Waals surface area contributed by atoms with Gasteiger partial charge in [0.05, 0.1) is 0 Å². The summed E-state index contributed by atoms with van der Waals surface area (Å²) in [4.78, 5) is 33.8. The number of rotatable bonds is 8. The molecule has 0 radical (unpaired) electrons. The Kier molecular flexibility index (Phi) is 7.04. The smallest absolute Gasteiger partial charge is 0.274 e. The second kappa shape index (κ2) is 9.47. The Morgan fingerprint density at radius 3 is 2.50 bits per heavy atom. The molecule has 26 heavy (non-hydrogen) atoms.